The summed E-state index contributed by atoms with van der Waals surface area (Å²) in [7, 11) is 0. The first-order valence-electron chi connectivity index (χ1n) is 15.3. The van der Waals surface area contributed by atoms with Gasteiger partial charge in [0.2, 0.25) is 0 Å². The van der Waals surface area contributed by atoms with Crippen molar-refractivity contribution in [2.45, 2.75) is 131 Å². The molecule has 0 amide bonds. The van der Waals surface area contributed by atoms with Crippen molar-refractivity contribution in [3.63, 3.8) is 0 Å². The maximum absolute atomic E-state index is 2.68. The van der Waals surface area contributed by atoms with Gasteiger partial charge in [0, 0.05) is 0 Å². The highest BCUT2D eigenvalue weighted by Gasteiger charge is 2.49. The lowest BCUT2D eigenvalue weighted by atomic mass is 9.61. The van der Waals surface area contributed by atoms with Crippen molar-refractivity contribution in [1.82, 2.24) is 0 Å². The van der Waals surface area contributed by atoms with Gasteiger partial charge in [0.1, 0.15) is 0 Å². The van der Waals surface area contributed by atoms with Gasteiger partial charge in [-0.3, -0.25) is 0 Å². The van der Waals surface area contributed by atoms with Crippen molar-refractivity contribution in [2.75, 3.05) is 0 Å². The lowest BCUT2D eigenvalue weighted by molar-refractivity contribution is 0.0559. The Morgan fingerprint density at radius 1 is 0.625 bits per heavy atom. The molecule has 0 radical (unpaired) electrons. The van der Waals surface area contributed by atoms with Gasteiger partial charge >= 0.3 is 0 Å². The predicted molar refractivity (Wildman–Crippen MR) is 141 cm³/mol. The topological polar surface area (TPSA) is 0 Å². The monoisotopic (exact) mass is 442 g/mol. The largest absolute Gasteiger partial charge is 0.0625 e. The van der Waals surface area contributed by atoms with E-state index in [9.17, 15) is 0 Å². The molecule has 0 nitrogen and oxygen atoms in total. The van der Waals surface area contributed by atoms with E-state index in [0.717, 1.165) is 71.0 Å². The normalized spacial score (nSPS) is 44.9. The Bertz CT molecular complexity index is 556. The van der Waals surface area contributed by atoms with Crippen LogP contribution in [0.2, 0.25) is 0 Å². The maximum Gasteiger partial charge on any atom is -0.0326 e. The van der Waals surface area contributed by atoms with Gasteiger partial charge in [-0.15, -0.1) is 0 Å². The van der Waals surface area contributed by atoms with Gasteiger partial charge in [-0.2, -0.15) is 0 Å². The molecule has 0 bridgehead atoms. The Balaban J connectivity index is 1.32. The van der Waals surface area contributed by atoms with Crippen LogP contribution in [-0.2, 0) is 0 Å². The third-order valence-electron chi connectivity index (χ3n) is 11.6. The summed E-state index contributed by atoms with van der Waals surface area (Å²) < 4.78 is 0. The minimum atomic E-state index is 0.916. The Morgan fingerprint density at radius 2 is 1.31 bits per heavy atom. The minimum absolute atomic E-state index is 0.916. The molecule has 0 saturated heterocycles. The Kier molecular flexibility index (Phi) is 8.75. The quantitative estimate of drug-likeness (QED) is 0.368. The number of hydrogen-bond donors (Lipinski definition) is 0. The van der Waals surface area contributed by atoms with E-state index >= 15 is 0 Å². The Labute approximate surface area is 202 Å². The van der Waals surface area contributed by atoms with Crippen molar-refractivity contribution < 1.29 is 0 Å². The predicted octanol–water partition coefficient (Wildman–Crippen LogP) is 10.0. The Hall–Kier alpha value is 0. The van der Waals surface area contributed by atoms with E-state index in [0.29, 0.717) is 0 Å². The Morgan fingerprint density at radius 3 is 2.06 bits per heavy atom. The molecule has 4 saturated carbocycles. The minimum Gasteiger partial charge on any atom is -0.0625 e. The van der Waals surface area contributed by atoms with Gasteiger partial charge in [0.25, 0.3) is 0 Å². The fraction of sp³-hybridized carbons (Fsp3) is 1.00. The summed E-state index contributed by atoms with van der Waals surface area (Å²) in [6.45, 7) is 15.4. The second-order valence-electron chi connectivity index (χ2n) is 14.3. The molecule has 9 unspecified atom stereocenters. The van der Waals surface area contributed by atoms with Crippen LogP contribution in [0, 0.1) is 71.0 Å². The standard InChI is InChI=1S/C32H58/c1-21(2)28-19-27(20-28)17-24(5)31-18-25(6)32-29(12-9-13-30(31)32)23(4)16-26-11-8-7-10-22(3)14-15-26/h21-32H,7-20H2,1-6H3. The SMILES string of the molecule is CC1CCCCC(CC(C)C2CCCC3C(C(C)CC4CC(C(C)C)C4)CC(C)C23)CC1. The lowest BCUT2D eigenvalue weighted by Crippen LogP contribution is -2.36. The first kappa shape index (κ1) is 25.1. The second kappa shape index (κ2) is 11.2. The van der Waals surface area contributed by atoms with Crippen molar-refractivity contribution in [1.29, 1.82) is 0 Å². The van der Waals surface area contributed by atoms with Gasteiger partial charge in [-0.25, -0.2) is 0 Å². The average Bonchev–Trinajstić information content (AvgIpc) is 3.06. The van der Waals surface area contributed by atoms with Crippen LogP contribution in [0.1, 0.15) is 131 Å². The molecule has 0 heterocycles. The summed E-state index contributed by atoms with van der Waals surface area (Å²) in [5, 5.41) is 0. The van der Waals surface area contributed by atoms with Gasteiger partial charge in [0.15, 0.2) is 0 Å². The summed E-state index contributed by atoms with van der Waals surface area (Å²) in [4.78, 5) is 0. The fourth-order valence-corrected chi connectivity index (χ4v) is 9.61. The van der Waals surface area contributed by atoms with Crippen LogP contribution < -0.4 is 0 Å². The zero-order valence-corrected chi connectivity index (χ0v) is 22.8. The maximum atomic E-state index is 2.68. The molecule has 0 aliphatic heterocycles. The molecule has 4 aliphatic rings. The van der Waals surface area contributed by atoms with E-state index in [1.54, 1.807) is 32.1 Å². The zero-order valence-electron chi connectivity index (χ0n) is 22.8. The number of fused-ring (bicyclic) bond motifs is 1. The van der Waals surface area contributed by atoms with Gasteiger partial charge < -0.3 is 0 Å². The van der Waals surface area contributed by atoms with Gasteiger partial charge in [0.05, 0.1) is 0 Å². The van der Waals surface area contributed by atoms with E-state index in [1.165, 1.54) is 57.8 Å². The molecule has 9 atom stereocenters. The first-order chi connectivity index (χ1) is 15.3. The van der Waals surface area contributed by atoms with Gasteiger partial charge in [-0.1, -0.05) is 86.5 Å². The molecule has 0 N–H and O–H groups in total. The lowest BCUT2D eigenvalue weighted by Gasteiger charge is -2.44. The molecule has 0 spiro atoms. The number of rotatable bonds is 7. The molecule has 186 valence electrons. The number of hydrogen-bond acceptors (Lipinski definition) is 0. The van der Waals surface area contributed by atoms with E-state index in [-0.39, 0.29) is 0 Å². The van der Waals surface area contributed by atoms with Crippen LogP contribution >= 0.6 is 0 Å². The van der Waals surface area contributed by atoms with Gasteiger partial charge in [-0.05, 0) is 116 Å². The van der Waals surface area contributed by atoms with Crippen LogP contribution in [0.3, 0.4) is 0 Å². The average molecular weight is 443 g/mol. The molecular weight excluding hydrogens is 384 g/mol. The summed E-state index contributed by atoms with van der Waals surface area (Å²) in [5.74, 6) is 12.2. The molecule has 4 fully saturated rings. The van der Waals surface area contributed by atoms with Crippen LogP contribution in [0.4, 0.5) is 0 Å². The molecule has 0 aromatic carbocycles. The first-order valence-corrected chi connectivity index (χ1v) is 15.3. The summed E-state index contributed by atoms with van der Waals surface area (Å²) in [5.41, 5.74) is 0. The smallest absolute Gasteiger partial charge is 0.0326 e. The molecule has 0 aromatic rings. The molecule has 32 heavy (non-hydrogen) atoms. The van der Waals surface area contributed by atoms with Crippen molar-refractivity contribution >= 4 is 0 Å². The third-order valence-corrected chi connectivity index (χ3v) is 11.6. The highest BCUT2D eigenvalue weighted by Crippen LogP contribution is 2.57. The zero-order chi connectivity index (χ0) is 22.8. The molecule has 0 heteroatoms. The molecule has 4 aliphatic carbocycles. The van der Waals surface area contributed by atoms with E-state index in [4.69, 9.17) is 0 Å². The summed E-state index contributed by atoms with van der Waals surface area (Å²) in [6.07, 6.45) is 21.4. The van der Waals surface area contributed by atoms with Crippen molar-refractivity contribution in [3.8, 4) is 0 Å². The van der Waals surface area contributed by atoms with E-state index in [1.807, 2.05) is 0 Å². The molecule has 4 rings (SSSR count). The van der Waals surface area contributed by atoms with E-state index in [2.05, 4.69) is 41.5 Å². The highest BCUT2D eigenvalue weighted by atomic mass is 14.5. The second-order valence-corrected chi connectivity index (χ2v) is 14.3. The van der Waals surface area contributed by atoms with Crippen molar-refractivity contribution in [2.24, 2.45) is 71.0 Å². The van der Waals surface area contributed by atoms with Crippen LogP contribution in [-0.4, -0.2) is 0 Å². The van der Waals surface area contributed by atoms with Crippen LogP contribution in [0.5, 0.6) is 0 Å². The highest BCUT2D eigenvalue weighted by molar-refractivity contribution is 4.98. The van der Waals surface area contributed by atoms with E-state index < -0.39 is 0 Å². The third kappa shape index (κ3) is 5.79. The van der Waals surface area contributed by atoms with Crippen molar-refractivity contribution in [3.05, 3.63) is 0 Å². The molecule has 0 aromatic heterocycles. The fourth-order valence-electron chi connectivity index (χ4n) is 9.61. The van der Waals surface area contributed by atoms with Crippen LogP contribution in [0.25, 0.3) is 0 Å². The summed E-state index contributed by atoms with van der Waals surface area (Å²) >= 11 is 0. The molecular formula is C32H58. The van der Waals surface area contributed by atoms with Crippen LogP contribution in [0.15, 0.2) is 0 Å². The summed E-state index contributed by atoms with van der Waals surface area (Å²) in [6, 6.07) is 0.